The molecule has 0 atom stereocenters. The van der Waals surface area contributed by atoms with E-state index < -0.39 is 11.9 Å². The molecule has 0 unspecified atom stereocenters. The third-order valence-electron chi connectivity index (χ3n) is 4.54. The van der Waals surface area contributed by atoms with Crippen molar-refractivity contribution < 1.29 is 24.5 Å². The predicted molar refractivity (Wildman–Crippen MR) is 99.3 cm³/mol. The fraction of sp³-hybridized carbons (Fsp3) is 0.474. The molecule has 1 aromatic carbocycles. The van der Waals surface area contributed by atoms with Crippen molar-refractivity contribution in [2.75, 3.05) is 37.7 Å². The van der Waals surface area contributed by atoms with Crippen LogP contribution in [0.2, 0.25) is 0 Å². The van der Waals surface area contributed by atoms with E-state index in [1.165, 1.54) is 16.8 Å². The van der Waals surface area contributed by atoms with Crippen LogP contribution < -0.4 is 15.0 Å². The maximum Gasteiger partial charge on any atom is 0.328 e. The number of hydrogen-bond acceptors (Lipinski definition) is 5. The third-order valence-corrected chi connectivity index (χ3v) is 4.54. The molecule has 7 nitrogen and oxygen atoms in total. The zero-order valence-electron chi connectivity index (χ0n) is 15.2. The van der Waals surface area contributed by atoms with E-state index in [9.17, 15) is 9.59 Å². The Bertz CT molecular complexity index is 684. The fourth-order valence-corrected chi connectivity index (χ4v) is 3.35. The van der Waals surface area contributed by atoms with E-state index in [4.69, 9.17) is 14.9 Å². The highest BCUT2D eigenvalue weighted by Crippen LogP contribution is 2.39. The molecule has 0 aromatic heterocycles. The molecular formula is C19H26N2O5. The third kappa shape index (κ3) is 4.98. The molecule has 0 aliphatic carbocycles. The number of rotatable bonds is 3. The molecule has 0 radical (unpaired) electrons. The second-order valence-electron chi connectivity index (χ2n) is 6.17. The number of aliphatic carboxylic acids is 2. The van der Waals surface area contributed by atoms with E-state index in [-0.39, 0.29) is 0 Å². The summed E-state index contributed by atoms with van der Waals surface area (Å²) >= 11 is 0. The maximum atomic E-state index is 9.55. The number of ether oxygens (including phenoxy) is 1. The van der Waals surface area contributed by atoms with Crippen LogP contribution >= 0.6 is 0 Å². The van der Waals surface area contributed by atoms with E-state index in [0.717, 1.165) is 51.4 Å². The number of likely N-dealkylation sites (N-methyl/N-ethyl adjacent to an activating group) is 1. The molecule has 2 aliphatic heterocycles. The average Bonchev–Trinajstić information content (AvgIpc) is 2.85. The van der Waals surface area contributed by atoms with Gasteiger partial charge in [0.2, 0.25) is 0 Å². The van der Waals surface area contributed by atoms with Crippen molar-refractivity contribution in [2.45, 2.75) is 26.7 Å². The Morgan fingerprint density at radius 1 is 1.23 bits per heavy atom. The molecule has 7 heteroatoms. The van der Waals surface area contributed by atoms with Crippen LogP contribution in [-0.2, 0) is 22.4 Å². The summed E-state index contributed by atoms with van der Waals surface area (Å²) in [6.45, 7) is 9.57. The van der Waals surface area contributed by atoms with Gasteiger partial charge in [0.05, 0.1) is 12.2 Å². The van der Waals surface area contributed by atoms with E-state index in [0.29, 0.717) is 12.2 Å². The molecule has 0 bridgehead atoms. The van der Waals surface area contributed by atoms with Gasteiger partial charge in [-0.25, -0.2) is 9.59 Å². The molecule has 26 heavy (non-hydrogen) atoms. The summed E-state index contributed by atoms with van der Waals surface area (Å²) in [6, 6.07) is 2.28. The molecule has 1 aromatic rings. The normalized spacial score (nSPS) is 15.8. The second kappa shape index (κ2) is 9.24. The summed E-state index contributed by atoms with van der Waals surface area (Å²) in [6.07, 6.45) is 3.38. The minimum absolute atomic E-state index is 0.558. The van der Waals surface area contributed by atoms with Crippen LogP contribution in [0.1, 0.15) is 23.6 Å². The lowest BCUT2D eigenvalue weighted by molar-refractivity contribution is -0.134. The maximum absolute atomic E-state index is 9.55. The fourth-order valence-electron chi connectivity index (χ4n) is 3.35. The van der Waals surface area contributed by atoms with Gasteiger partial charge in [-0.2, -0.15) is 0 Å². The molecule has 142 valence electrons. The van der Waals surface area contributed by atoms with E-state index in [2.05, 4.69) is 30.1 Å². The molecule has 0 saturated heterocycles. The van der Waals surface area contributed by atoms with Crippen LogP contribution in [0, 0.1) is 6.92 Å². The van der Waals surface area contributed by atoms with Gasteiger partial charge in [-0.05, 0) is 62.5 Å². The molecule has 0 amide bonds. The minimum Gasteiger partial charge on any atom is -0.490 e. The summed E-state index contributed by atoms with van der Waals surface area (Å²) in [4.78, 5) is 21.6. The first-order chi connectivity index (χ1) is 12.4. The van der Waals surface area contributed by atoms with Crippen LogP contribution in [-0.4, -0.2) is 54.9 Å². The van der Waals surface area contributed by atoms with Gasteiger partial charge >= 0.3 is 11.9 Å². The van der Waals surface area contributed by atoms with Gasteiger partial charge < -0.3 is 25.2 Å². The van der Waals surface area contributed by atoms with Crippen molar-refractivity contribution in [3.8, 4) is 5.75 Å². The van der Waals surface area contributed by atoms with Crippen LogP contribution in [0.5, 0.6) is 5.75 Å². The van der Waals surface area contributed by atoms with E-state index in [1.54, 1.807) is 5.56 Å². The Balaban J connectivity index is 0.000000260. The van der Waals surface area contributed by atoms with Crippen molar-refractivity contribution in [1.82, 2.24) is 5.32 Å². The van der Waals surface area contributed by atoms with Crippen molar-refractivity contribution in [3.05, 3.63) is 34.9 Å². The topological polar surface area (TPSA) is 99.1 Å². The SMILES string of the molecule is CCN1CCOc2cc3c(c(C)c21)CCNCC3.O=C(O)/C=C/C(=O)O. The smallest absolute Gasteiger partial charge is 0.328 e. The van der Waals surface area contributed by atoms with Gasteiger partial charge in [0.1, 0.15) is 12.4 Å². The number of carboxylic acid groups (broad SMARTS) is 2. The highest BCUT2D eigenvalue weighted by molar-refractivity contribution is 5.89. The van der Waals surface area contributed by atoms with Crippen molar-refractivity contribution in [3.63, 3.8) is 0 Å². The van der Waals surface area contributed by atoms with E-state index >= 15 is 0 Å². The molecule has 0 spiro atoms. The predicted octanol–water partition coefficient (Wildman–Crippen LogP) is 1.61. The molecular weight excluding hydrogens is 336 g/mol. The van der Waals surface area contributed by atoms with Gasteiger partial charge in [-0.15, -0.1) is 0 Å². The Morgan fingerprint density at radius 2 is 1.88 bits per heavy atom. The average molecular weight is 362 g/mol. The first-order valence-electron chi connectivity index (χ1n) is 8.81. The van der Waals surface area contributed by atoms with Crippen LogP contribution in [0.15, 0.2) is 18.2 Å². The molecule has 2 heterocycles. The summed E-state index contributed by atoms with van der Waals surface area (Å²) < 4.78 is 5.88. The minimum atomic E-state index is -1.26. The zero-order chi connectivity index (χ0) is 19.1. The molecule has 0 fully saturated rings. The highest BCUT2D eigenvalue weighted by Gasteiger charge is 2.23. The highest BCUT2D eigenvalue weighted by atomic mass is 16.5. The largest absolute Gasteiger partial charge is 0.490 e. The van der Waals surface area contributed by atoms with E-state index in [1.807, 2.05) is 0 Å². The number of benzene rings is 1. The van der Waals surface area contributed by atoms with Crippen LogP contribution in [0.25, 0.3) is 0 Å². The van der Waals surface area contributed by atoms with Gasteiger partial charge in [-0.3, -0.25) is 0 Å². The first-order valence-corrected chi connectivity index (χ1v) is 8.81. The number of carbonyl (C=O) groups is 2. The number of fused-ring (bicyclic) bond motifs is 2. The Kier molecular flexibility index (Phi) is 7.03. The van der Waals surface area contributed by atoms with Gasteiger partial charge in [-0.1, -0.05) is 0 Å². The molecule has 3 N–H and O–H groups in total. The summed E-state index contributed by atoms with van der Waals surface area (Å²) in [5, 5.41) is 19.1. The Hall–Kier alpha value is -2.54. The first kappa shape index (κ1) is 19.8. The van der Waals surface area contributed by atoms with Crippen LogP contribution in [0.4, 0.5) is 5.69 Å². The number of anilines is 1. The number of nitrogens with zero attached hydrogens (tertiary/aromatic N) is 1. The van der Waals surface area contributed by atoms with Gasteiger partial charge in [0.15, 0.2) is 0 Å². The standard InChI is InChI=1S/C15H22N2O.C4H4O4/c1-3-17-8-9-18-14-10-12-4-6-16-7-5-13(12)11(2)15(14)17;5-3(6)1-2-4(7)8/h10,16H,3-9H2,1-2H3;1-2H,(H,5,6)(H,7,8)/b;2-1+. The second-order valence-corrected chi connectivity index (χ2v) is 6.17. The summed E-state index contributed by atoms with van der Waals surface area (Å²) in [7, 11) is 0. The monoisotopic (exact) mass is 362 g/mol. The molecule has 3 rings (SSSR count). The lowest BCUT2D eigenvalue weighted by Gasteiger charge is -2.33. The Labute approximate surface area is 153 Å². The molecule has 2 aliphatic rings. The van der Waals surface area contributed by atoms with Crippen molar-refractivity contribution >= 4 is 17.6 Å². The van der Waals surface area contributed by atoms with Gasteiger partial charge in [0.25, 0.3) is 0 Å². The van der Waals surface area contributed by atoms with Gasteiger partial charge in [0, 0.05) is 18.7 Å². The number of hydrogen-bond donors (Lipinski definition) is 3. The summed E-state index contributed by atoms with van der Waals surface area (Å²) in [5.41, 5.74) is 5.80. The van der Waals surface area contributed by atoms with Crippen LogP contribution in [0.3, 0.4) is 0 Å². The number of carboxylic acids is 2. The Morgan fingerprint density at radius 3 is 2.50 bits per heavy atom. The molecule has 0 saturated carbocycles. The lowest BCUT2D eigenvalue weighted by Crippen LogP contribution is -2.33. The summed E-state index contributed by atoms with van der Waals surface area (Å²) in [5.74, 6) is -1.42. The van der Waals surface area contributed by atoms with Crippen molar-refractivity contribution in [1.29, 1.82) is 0 Å². The lowest BCUT2D eigenvalue weighted by atomic mass is 9.94. The van der Waals surface area contributed by atoms with Crippen molar-refractivity contribution in [2.24, 2.45) is 0 Å². The number of nitrogens with one attached hydrogen (secondary N) is 1. The zero-order valence-corrected chi connectivity index (χ0v) is 15.2. The quantitative estimate of drug-likeness (QED) is 0.703.